The lowest BCUT2D eigenvalue weighted by Crippen LogP contribution is -2.05. The quantitative estimate of drug-likeness (QED) is 0.367. The van der Waals surface area contributed by atoms with E-state index in [1.54, 1.807) is 14.1 Å². The Morgan fingerprint density at radius 2 is 1.50 bits per heavy atom. The zero-order chi connectivity index (χ0) is 22.2. The molecule has 3 rings (SSSR count). The Morgan fingerprint density at radius 1 is 0.933 bits per heavy atom. The first-order valence-corrected chi connectivity index (χ1v) is 8.74. The van der Waals surface area contributed by atoms with Crippen molar-refractivity contribution in [2.75, 3.05) is 19.4 Å². The molecule has 158 valence electrons. The molecule has 2 aromatic carbocycles. The molecule has 1 heterocycles. The average molecular weight is 423 g/mol. The molecule has 30 heavy (non-hydrogen) atoms. The lowest BCUT2D eigenvalue weighted by atomic mass is 10.0. The van der Waals surface area contributed by atoms with E-state index in [9.17, 15) is 22.0 Å². The second kappa shape index (κ2) is 8.13. The summed E-state index contributed by atoms with van der Waals surface area (Å²) in [7, 11) is 4.75. The number of anilines is 2. The molecular formula is C20H18F5N5. The number of hydrazone groups is 1. The molecule has 3 aromatic rings. The maximum atomic E-state index is 14.9. The number of benzene rings is 2. The first-order valence-electron chi connectivity index (χ1n) is 8.74. The number of nitrogens with one attached hydrogen (secondary N) is 1. The monoisotopic (exact) mass is 423 g/mol. The summed E-state index contributed by atoms with van der Waals surface area (Å²) in [6.45, 7) is 1.50. The maximum absolute atomic E-state index is 14.9. The van der Waals surface area contributed by atoms with Gasteiger partial charge in [0.05, 0.1) is 23.0 Å². The molecule has 0 aliphatic rings. The van der Waals surface area contributed by atoms with Gasteiger partial charge in [-0.25, -0.2) is 22.0 Å². The first-order chi connectivity index (χ1) is 14.1. The van der Waals surface area contributed by atoms with Crippen LogP contribution in [-0.4, -0.2) is 35.1 Å². The highest BCUT2D eigenvalue weighted by molar-refractivity contribution is 5.85. The van der Waals surface area contributed by atoms with Gasteiger partial charge in [0.2, 0.25) is 0 Å². The van der Waals surface area contributed by atoms with Crippen LogP contribution in [0.15, 0.2) is 29.4 Å². The van der Waals surface area contributed by atoms with Crippen molar-refractivity contribution in [3.8, 4) is 11.1 Å². The van der Waals surface area contributed by atoms with Crippen LogP contribution in [0.5, 0.6) is 0 Å². The summed E-state index contributed by atoms with van der Waals surface area (Å²) in [6.07, 6.45) is 1.29. The van der Waals surface area contributed by atoms with Crippen LogP contribution in [0.3, 0.4) is 0 Å². The zero-order valence-electron chi connectivity index (χ0n) is 16.6. The fraction of sp³-hybridized carbons (Fsp3) is 0.200. The molecule has 0 radical (unpaired) electrons. The molecule has 0 atom stereocenters. The molecule has 0 saturated heterocycles. The molecule has 0 aliphatic heterocycles. The molecule has 0 saturated carbocycles. The Balaban J connectivity index is 2.13. The number of aromatic nitrogens is 2. The first kappa shape index (κ1) is 21.3. The number of hydrogen-bond acceptors (Lipinski definition) is 4. The summed E-state index contributed by atoms with van der Waals surface area (Å²) < 4.78 is 72.3. The van der Waals surface area contributed by atoms with Crippen LogP contribution in [0.2, 0.25) is 0 Å². The molecule has 0 spiro atoms. The van der Waals surface area contributed by atoms with Crippen molar-refractivity contribution >= 4 is 17.7 Å². The maximum Gasteiger partial charge on any atom is 0.152 e. The highest BCUT2D eigenvalue weighted by Gasteiger charge is 2.24. The van der Waals surface area contributed by atoms with Crippen molar-refractivity contribution in [3.63, 3.8) is 0 Å². The molecule has 10 heteroatoms. The van der Waals surface area contributed by atoms with Crippen LogP contribution in [0.1, 0.15) is 11.3 Å². The molecule has 0 amide bonds. The second-order valence-corrected chi connectivity index (χ2v) is 6.75. The Morgan fingerprint density at radius 3 is 2.03 bits per heavy atom. The summed E-state index contributed by atoms with van der Waals surface area (Å²) >= 11 is 0. The SMILES string of the molecule is Cc1nn(C)c(Nc2c(F)cc(F)cc2F)c1-c1c(F)cc(C=NN(C)C)cc1F. The van der Waals surface area contributed by atoms with Crippen molar-refractivity contribution in [1.29, 1.82) is 0 Å². The molecule has 0 aliphatic carbocycles. The van der Waals surface area contributed by atoms with Crippen molar-refractivity contribution in [2.24, 2.45) is 12.1 Å². The number of aryl methyl sites for hydroxylation is 2. The predicted octanol–water partition coefficient (Wildman–Crippen LogP) is 4.73. The topological polar surface area (TPSA) is 45.5 Å². The zero-order valence-corrected chi connectivity index (χ0v) is 16.6. The van der Waals surface area contributed by atoms with Crippen molar-refractivity contribution in [2.45, 2.75) is 6.92 Å². The minimum Gasteiger partial charge on any atom is -0.335 e. The van der Waals surface area contributed by atoms with Crippen LogP contribution >= 0.6 is 0 Å². The minimum absolute atomic E-state index is 0.0216. The van der Waals surface area contributed by atoms with E-state index in [-0.39, 0.29) is 22.6 Å². The van der Waals surface area contributed by atoms with E-state index in [0.717, 1.165) is 12.1 Å². The van der Waals surface area contributed by atoms with E-state index >= 15 is 0 Å². The van der Waals surface area contributed by atoms with Gasteiger partial charge in [0.25, 0.3) is 0 Å². The van der Waals surface area contributed by atoms with Crippen LogP contribution < -0.4 is 5.32 Å². The lowest BCUT2D eigenvalue weighted by Gasteiger charge is -2.13. The molecule has 5 nitrogen and oxygen atoms in total. The predicted molar refractivity (Wildman–Crippen MR) is 104 cm³/mol. The molecule has 0 bridgehead atoms. The van der Waals surface area contributed by atoms with E-state index < -0.39 is 40.3 Å². The fourth-order valence-corrected chi connectivity index (χ4v) is 2.97. The van der Waals surface area contributed by atoms with Gasteiger partial charge in [-0.05, 0) is 19.1 Å². The Hall–Kier alpha value is -3.43. The highest BCUT2D eigenvalue weighted by Crippen LogP contribution is 2.37. The highest BCUT2D eigenvalue weighted by atomic mass is 19.2. The third kappa shape index (κ3) is 4.12. The molecule has 0 fully saturated rings. The van der Waals surface area contributed by atoms with E-state index in [1.807, 2.05) is 0 Å². The van der Waals surface area contributed by atoms with E-state index in [2.05, 4.69) is 15.5 Å². The summed E-state index contributed by atoms with van der Waals surface area (Å²) in [4.78, 5) is 0. The third-order valence-electron chi connectivity index (χ3n) is 4.22. The van der Waals surface area contributed by atoms with Crippen molar-refractivity contribution < 1.29 is 22.0 Å². The standard InChI is InChI=1S/C20H18F5N5/c1-10-17(18-13(22)5-11(6-14(18)23)9-26-29(2)3)20(30(4)28-10)27-19-15(24)7-12(21)8-16(19)25/h5-9,27H,1-4H3. The molecular weight excluding hydrogens is 405 g/mol. The van der Waals surface area contributed by atoms with Gasteiger partial charge >= 0.3 is 0 Å². The van der Waals surface area contributed by atoms with Crippen molar-refractivity contribution in [3.05, 3.63) is 64.6 Å². The fourth-order valence-electron chi connectivity index (χ4n) is 2.97. The van der Waals surface area contributed by atoms with Crippen LogP contribution in [0, 0.1) is 36.0 Å². The van der Waals surface area contributed by atoms with Crippen LogP contribution in [-0.2, 0) is 7.05 Å². The molecule has 1 N–H and O–H groups in total. The summed E-state index contributed by atoms with van der Waals surface area (Å²) in [5, 5.41) is 11.9. The van der Waals surface area contributed by atoms with Gasteiger partial charge in [0.1, 0.15) is 29.0 Å². The van der Waals surface area contributed by atoms with Gasteiger partial charge in [-0.15, -0.1) is 0 Å². The van der Waals surface area contributed by atoms with E-state index in [4.69, 9.17) is 0 Å². The minimum atomic E-state index is -1.20. The second-order valence-electron chi connectivity index (χ2n) is 6.75. The van der Waals surface area contributed by atoms with Gasteiger partial charge < -0.3 is 10.3 Å². The van der Waals surface area contributed by atoms with Gasteiger partial charge in [-0.1, -0.05) is 0 Å². The van der Waals surface area contributed by atoms with Crippen molar-refractivity contribution in [1.82, 2.24) is 14.8 Å². The Kier molecular flexibility index (Phi) is 5.77. The van der Waals surface area contributed by atoms with Gasteiger partial charge in [-0.3, -0.25) is 4.68 Å². The lowest BCUT2D eigenvalue weighted by molar-refractivity contribution is 0.440. The van der Waals surface area contributed by atoms with Crippen LogP contribution in [0.4, 0.5) is 33.5 Å². The summed E-state index contributed by atoms with van der Waals surface area (Å²) in [5.74, 6) is -5.38. The number of nitrogens with zero attached hydrogens (tertiary/aromatic N) is 4. The van der Waals surface area contributed by atoms with Gasteiger partial charge in [0, 0.05) is 38.8 Å². The largest absolute Gasteiger partial charge is 0.335 e. The average Bonchev–Trinajstić information content (AvgIpc) is 2.89. The number of rotatable bonds is 5. The Labute approximate surface area is 169 Å². The van der Waals surface area contributed by atoms with Gasteiger partial charge in [0.15, 0.2) is 11.6 Å². The normalized spacial score (nSPS) is 11.4. The van der Waals surface area contributed by atoms with Crippen LogP contribution in [0.25, 0.3) is 11.1 Å². The molecule has 0 unspecified atom stereocenters. The third-order valence-corrected chi connectivity index (χ3v) is 4.22. The number of halogens is 5. The van der Waals surface area contributed by atoms with Gasteiger partial charge in [-0.2, -0.15) is 10.2 Å². The van der Waals surface area contributed by atoms with E-state index in [0.29, 0.717) is 12.1 Å². The smallest absolute Gasteiger partial charge is 0.152 e. The van der Waals surface area contributed by atoms with E-state index in [1.165, 1.54) is 29.9 Å². The number of hydrogen-bond donors (Lipinski definition) is 1. The summed E-state index contributed by atoms with van der Waals surface area (Å²) in [6, 6.07) is 3.16. The Bertz CT molecular complexity index is 1090. The summed E-state index contributed by atoms with van der Waals surface area (Å²) in [5.41, 5.74) is -0.708. The molecule has 1 aromatic heterocycles.